The lowest BCUT2D eigenvalue weighted by Gasteiger charge is -2.43. The molecule has 38 heavy (non-hydrogen) atoms. The van der Waals surface area contributed by atoms with Crippen LogP contribution >= 0.6 is 0 Å². The molecule has 2 aliphatic heterocycles. The van der Waals surface area contributed by atoms with E-state index in [-0.39, 0.29) is 36.4 Å². The third-order valence-electron chi connectivity index (χ3n) is 8.12. The van der Waals surface area contributed by atoms with Gasteiger partial charge in [-0.2, -0.15) is 0 Å². The van der Waals surface area contributed by atoms with Gasteiger partial charge in [-0.1, -0.05) is 55.5 Å². The first-order valence-electron chi connectivity index (χ1n) is 13.5. The molecule has 2 aromatic carbocycles. The molecule has 198 valence electrons. The van der Waals surface area contributed by atoms with Gasteiger partial charge in [-0.15, -0.1) is 0 Å². The molecule has 0 radical (unpaired) electrons. The Labute approximate surface area is 223 Å². The number of likely N-dealkylation sites (tertiary alicyclic amines) is 1. The van der Waals surface area contributed by atoms with Crippen molar-refractivity contribution in [1.82, 2.24) is 4.90 Å². The first kappa shape index (κ1) is 26.4. The zero-order valence-electron chi connectivity index (χ0n) is 21.6. The van der Waals surface area contributed by atoms with Gasteiger partial charge in [0, 0.05) is 12.1 Å². The molecule has 5 rings (SSSR count). The Hall–Kier alpha value is -3.20. The summed E-state index contributed by atoms with van der Waals surface area (Å²) in [6.45, 7) is 2.12. The van der Waals surface area contributed by atoms with Crippen molar-refractivity contribution in [2.24, 2.45) is 17.8 Å². The summed E-state index contributed by atoms with van der Waals surface area (Å²) in [7, 11) is -1.06. The van der Waals surface area contributed by atoms with Crippen molar-refractivity contribution in [3.8, 4) is 5.75 Å². The number of aromatic hydroxyl groups is 1. The Balaban J connectivity index is 1.46. The number of fused-ring (bicyclic) bond motifs is 3. The van der Waals surface area contributed by atoms with E-state index in [1.54, 1.807) is 12.1 Å². The number of phenols is 1. The molecular formula is C30H34BNO6. The van der Waals surface area contributed by atoms with Crippen LogP contribution in [0.5, 0.6) is 5.75 Å². The molecule has 3 aliphatic rings. The molecule has 3 N–H and O–H groups in total. The number of allylic oxidation sites excluding steroid dienone is 1. The molecule has 1 aliphatic carbocycles. The van der Waals surface area contributed by atoms with E-state index < -0.39 is 25.1 Å². The van der Waals surface area contributed by atoms with Crippen LogP contribution < -0.4 is 0 Å². The van der Waals surface area contributed by atoms with Crippen molar-refractivity contribution in [1.29, 1.82) is 0 Å². The van der Waals surface area contributed by atoms with Crippen molar-refractivity contribution in [2.45, 2.75) is 45.0 Å². The molecule has 2 saturated heterocycles. The van der Waals surface area contributed by atoms with Crippen LogP contribution in [0, 0.1) is 17.8 Å². The number of benzene rings is 2. The number of carbonyl (C=O) groups excluding carboxylic acids is 2. The zero-order valence-corrected chi connectivity index (χ0v) is 21.6. The maximum absolute atomic E-state index is 13.4. The second-order valence-electron chi connectivity index (χ2n) is 10.4. The number of para-hydroxylation sites is 1. The highest BCUT2D eigenvalue weighted by molar-refractivity contribution is 6.43. The lowest BCUT2D eigenvalue weighted by atomic mass is 9.58. The molecule has 2 amide bonds. The minimum atomic E-state index is -1.06. The Bertz CT molecular complexity index is 1260. The zero-order chi connectivity index (χ0) is 26.8. The third kappa shape index (κ3) is 4.96. The maximum atomic E-state index is 13.4. The van der Waals surface area contributed by atoms with E-state index in [9.17, 15) is 24.8 Å². The Morgan fingerprint density at radius 2 is 1.82 bits per heavy atom. The van der Waals surface area contributed by atoms with E-state index in [0.29, 0.717) is 37.8 Å². The normalized spacial score (nSPS) is 25.6. The molecule has 0 aromatic heterocycles. The average molecular weight is 515 g/mol. The van der Waals surface area contributed by atoms with Crippen LogP contribution in [0.15, 0.2) is 65.7 Å². The predicted molar refractivity (Wildman–Crippen MR) is 146 cm³/mol. The molecule has 0 saturated carbocycles. The highest BCUT2D eigenvalue weighted by Crippen LogP contribution is 2.50. The fourth-order valence-corrected chi connectivity index (χ4v) is 6.46. The Kier molecular flexibility index (Phi) is 7.84. The van der Waals surface area contributed by atoms with Crippen molar-refractivity contribution >= 4 is 30.6 Å². The summed E-state index contributed by atoms with van der Waals surface area (Å²) in [6.07, 6.45) is 3.82. The number of rotatable bonds is 8. The quantitative estimate of drug-likeness (QED) is 0.213. The first-order valence-corrected chi connectivity index (χ1v) is 13.5. The van der Waals surface area contributed by atoms with Crippen LogP contribution in [0.4, 0.5) is 0 Å². The fraction of sp³-hybridized carbons (Fsp3) is 0.400. The highest BCUT2D eigenvalue weighted by Gasteiger charge is 2.56. The molecule has 4 atom stereocenters. The largest absolute Gasteiger partial charge is 0.507 e. The Morgan fingerprint density at radius 3 is 2.53 bits per heavy atom. The highest BCUT2D eigenvalue weighted by atomic mass is 16.5. The molecule has 2 fully saturated rings. The molecule has 8 heteroatoms. The van der Waals surface area contributed by atoms with E-state index in [1.807, 2.05) is 55.5 Å². The van der Waals surface area contributed by atoms with E-state index in [4.69, 9.17) is 4.65 Å². The number of imide groups is 1. The van der Waals surface area contributed by atoms with Crippen molar-refractivity contribution in [2.75, 3.05) is 13.2 Å². The number of nitrogens with zero attached hydrogens (tertiary/aromatic N) is 1. The third-order valence-corrected chi connectivity index (χ3v) is 8.12. The topological polar surface area (TPSA) is 107 Å². The maximum Gasteiger partial charge on any atom is 0.455 e. The van der Waals surface area contributed by atoms with Crippen LogP contribution in [0.1, 0.15) is 43.7 Å². The summed E-state index contributed by atoms with van der Waals surface area (Å²) in [6, 6.07) is 17.1. The second-order valence-corrected chi connectivity index (χ2v) is 10.4. The number of aliphatic hydroxyl groups is 1. The van der Waals surface area contributed by atoms with Gasteiger partial charge in [0.1, 0.15) is 5.75 Å². The fourth-order valence-electron chi connectivity index (χ4n) is 6.46. The SMILES string of the molecule is CCCN1C(=O)[C@@H]2[C@@H](CC(CO)=C3[C@@H](CC/C(=C/c4ccccc4O)c4ccccc4)OB(O)C[C@@H]32)C1=O. The number of amides is 2. The summed E-state index contributed by atoms with van der Waals surface area (Å²) in [5.74, 6) is -1.50. The van der Waals surface area contributed by atoms with E-state index in [0.717, 1.165) is 22.3 Å². The van der Waals surface area contributed by atoms with Gasteiger partial charge in [0.15, 0.2) is 0 Å². The molecule has 0 bridgehead atoms. The van der Waals surface area contributed by atoms with Gasteiger partial charge in [-0.05, 0) is 72.3 Å². The lowest BCUT2D eigenvalue weighted by molar-refractivity contribution is -0.140. The number of phenolic OH excluding ortho intramolecular Hbond substituents is 1. The van der Waals surface area contributed by atoms with Crippen LogP contribution in [-0.2, 0) is 14.2 Å². The number of aliphatic hydroxyl groups excluding tert-OH is 1. The molecular weight excluding hydrogens is 481 g/mol. The summed E-state index contributed by atoms with van der Waals surface area (Å²) in [4.78, 5) is 27.8. The first-order chi connectivity index (χ1) is 18.4. The summed E-state index contributed by atoms with van der Waals surface area (Å²) >= 11 is 0. The van der Waals surface area contributed by atoms with Crippen LogP contribution in [0.2, 0.25) is 6.32 Å². The van der Waals surface area contributed by atoms with E-state index >= 15 is 0 Å². The number of hydrogen-bond acceptors (Lipinski definition) is 6. The number of carbonyl (C=O) groups is 2. The minimum Gasteiger partial charge on any atom is -0.507 e. The lowest BCUT2D eigenvalue weighted by Crippen LogP contribution is -2.46. The van der Waals surface area contributed by atoms with Gasteiger partial charge < -0.3 is 19.9 Å². The van der Waals surface area contributed by atoms with Crippen molar-refractivity contribution in [3.63, 3.8) is 0 Å². The van der Waals surface area contributed by atoms with E-state index in [2.05, 4.69) is 0 Å². The predicted octanol–water partition coefficient (Wildman–Crippen LogP) is 3.91. The average Bonchev–Trinajstić information content (AvgIpc) is 3.16. The molecule has 0 spiro atoms. The standard InChI is InChI=1S/C30H34BNO6/c1-2-14-32-29(35)23-16-22(18-33)27-24(28(23)30(32)36)17-31(37)38-26(27)13-12-20(19-8-4-3-5-9-19)15-21-10-6-7-11-25(21)34/h3-11,15,23-24,26,28,33-34,37H,2,12-14,16-18H2,1H3/b20-15-/t23-,24+,26-,28-/m1/s1. The van der Waals surface area contributed by atoms with Crippen molar-refractivity contribution in [3.05, 3.63) is 76.9 Å². The van der Waals surface area contributed by atoms with Gasteiger partial charge in [0.25, 0.3) is 0 Å². The van der Waals surface area contributed by atoms with Gasteiger partial charge in [0.05, 0.1) is 24.5 Å². The molecule has 0 unspecified atom stereocenters. The monoisotopic (exact) mass is 515 g/mol. The van der Waals surface area contributed by atoms with Gasteiger partial charge >= 0.3 is 7.12 Å². The minimum absolute atomic E-state index is 0.165. The summed E-state index contributed by atoms with van der Waals surface area (Å²) < 4.78 is 6.03. The van der Waals surface area contributed by atoms with Gasteiger partial charge in [0.2, 0.25) is 11.8 Å². The second kappa shape index (κ2) is 11.3. The van der Waals surface area contributed by atoms with Crippen molar-refractivity contribution < 1.29 is 29.5 Å². The smallest absolute Gasteiger partial charge is 0.455 e. The Morgan fingerprint density at radius 1 is 1.08 bits per heavy atom. The van der Waals surface area contributed by atoms with E-state index in [1.165, 1.54) is 4.90 Å². The van der Waals surface area contributed by atoms with Gasteiger partial charge in [-0.3, -0.25) is 14.5 Å². The summed E-state index contributed by atoms with van der Waals surface area (Å²) in [5, 5.41) is 31.4. The van der Waals surface area contributed by atoms with Crippen LogP contribution in [0.3, 0.4) is 0 Å². The molecule has 2 aromatic rings. The summed E-state index contributed by atoms with van der Waals surface area (Å²) in [5.41, 5.74) is 4.33. The number of hydrogen-bond donors (Lipinski definition) is 3. The van der Waals surface area contributed by atoms with Gasteiger partial charge in [-0.25, -0.2) is 0 Å². The van der Waals surface area contributed by atoms with Crippen LogP contribution in [-0.4, -0.2) is 58.3 Å². The molecule has 2 heterocycles. The molecule has 7 nitrogen and oxygen atoms in total. The van der Waals surface area contributed by atoms with Crippen LogP contribution in [0.25, 0.3) is 11.6 Å².